The van der Waals surface area contributed by atoms with Gasteiger partial charge < -0.3 is 4.57 Å². The van der Waals surface area contributed by atoms with Gasteiger partial charge in [0.1, 0.15) is 11.6 Å². The molecule has 4 heteroatoms. The molecule has 0 atom stereocenters. The summed E-state index contributed by atoms with van der Waals surface area (Å²) in [4.78, 5) is 0. The van der Waals surface area contributed by atoms with E-state index in [0.717, 1.165) is 40.1 Å². The van der Waals surface area contributed by atoms with Gasteiger partial charge in [0.2, 0.25) is 0 Å². The Morgan fingerprint density at radius 2 is 2.06 bits per heavy atom. The van der Waals surface area contributed by atoms with E-state index in [4.69, 9.17) is 5.41 Å². The SMILES string of the molecule is N#Cc1c2n(c(=N)c3ccccc13)CCCS2. The maximum atomic E-state index is 9.34. The molecule has 84 valence electrons. The first-order valence-corrected chi connectivity index (χ1v) is 6.54. The highest BCUT2D eigenvalue weighted by molar-refractivity contribution is 7.99. The van der Waals surface area contributed by atoms with E-state index in [1.807, 2.05) is 28.8 Å². The largest absolute Gasteiger partial charge is 0.320 e. The van der Waals surface area contributed by atoms with Crippen LogP contribution >= 0.6 is 11.8 Å². The van der Waals surface area contributed by atoms with Gasteiger partial charge in [0.25, 0.3) is 0 Å². The van der Waals surface area contributed by atoms with E-state index >= 15 is 0 Å². The molecule has 0 unspecified atom stereocenters. The van der Waals surface area contributed by atoms with Gasteiger partial charge in [-0.3, -0.25) is 5.41 Å². The number of benzene rings is 1. The van der Waals surface area contributed by atoms with E-state index in [9.17, 15) is 5.26 Å². The summed E-state index contributed by atoms with van der Waals surface area (Å²) in [5.74, 6) is 1.03. The number of aromatic nitrogens is 1. The van der Waals surface area contributed by atoms with Crippen LogP contribution in [0.2, 0.25) is 0 Å². The first kappa shape index (κ1) is 10.4. The Hall–Kier alpha value is -1.73. The normalized spacial score (nSPS) is 14.3. The third-order valence-corrected chi connectivity index (χ3v) is 4.25. The second-order valence-electron chi connectivity index (χ2n) is 4.04. The number of pyridine rings is 1. The van der Waals surface area contributed by atoms with Crippen molar-refractivity contribution in [3.8, 4) is 6.07 Å². The van der Waals surface area contributed by atoms with Gasteiger partial charge in [-0.2, -0.15) is 5.26 Å². The molecule has 2 heterocycles. The molecular formula is C13H11N3S. The smallest absolute Gasteiger partial charge is 0.133 e. The molecule has 0 saturated heterocycles. The van der Waals surface area contributed by atoms with Crippen molar-refractivity contribution in [2.45, 2.75) is 18.0 Å². The van der Waals surface area contributed by atoms with Crippen molar-refractivity contribution >= 4 is 22.5 Å². The Balaban J connectivity index is 2.53. The van der Waals surface area contributed by atoms with E-state index in [2.05, 4.69) is 6.07 Å². The molecular weight excluding hydrogens is 230 g/mol. The number of nitrogens with one attached hydrogen (secondary N) is 1. The molecule has 0 fully saturated rings. The molecule has 0 bridgehead atoms. The Labute approximate surface area is 103 Å². The van der Waals surface area contributed by atoms with Crippen LogP contribution in [0.3, 0.4) is 0 Å². The lowest BCUT2D eigenvalue weighted by atomic mass is 10.1. The minimum absolute atomic E-state index is 0.529. The van der Waals surface area contributed by atoms with Crippen LogP contribution in [0.4, 0.5) is 0 Å². The first-order chi connectivity index (χ1) is 8.33. The van der Waals surface area contributed by atoms with Crippen molar-refractivity contribution in [3.63, 3.8) is 0 Å². The molecule has 1 N–H and O–H groups in total. The summed E-state index contributed by atoms with van der Waals surface area (Å²) in [6.07, 6.45) is 1.07. The summed E-state index contributed by atoms with van der Waals surface area (Å²) in [6, 6.07) is 10.00. The van der Waals surface area contributed by atoms with Gasteiger partial charge in [-0.1, -0.05) is 24.3 Å². The average Bonchev–Trinajstić information content (AvgIpc) is 2.40. The quantitative estimate of drug-likeness (QED) is 0.770. The third kappa shape index (κ3) is 1.47. The van der Waals surface area contributed by atoms with Crippen LogP contribution in [0, 0.1) is 16.7 Å². The van der Waals surface area contributed by atoms with Gasteiger partial charge in [-0.05, 0) is 6.42 Å². The first-order valence-electron chi connectivity index (χ1n) is 5.56. The van der Waals surface area contributed by atoms with Gasteiger partial charge in [-0.25, -0.2) is 0 Å². The second kappa shape index (κ2) is 3.94. The van der Waals surface area contributed by atoms with Gasteiger partial charge in [-0.15, -0.1) is 11.8 Å². The van der Waals surface area contributed by atoms with Crippen molar-refractivity contribution in [2.24, 2.45) is 0 Å². The zero-order valence-corrected chi connectivity index (χ0v) is 10.0. The maximum Gasteiger partial charge on any atom is 0.133 e. The topological polar surface area (TPSA) is 52.6 Å². The predicted molar refractivity (Wildman–Crippen MR) is 67.8 cm³/mol. The van der Waals surface area contributed by atoms with Crippen molar-refractivity contribution < 1.29 is 0 Å². The van der Waals surface area contributed by atoms with Gasteiger partial charge in [0.05, 0.1) is 10.6 Å². The Bertz CT molecular complexity index is 694. The van der Waals surface area contributed by atoms with Crippen LogP contribution in [0.1, 0.15) is 12.0 Å². The molecule has 0 radical (unpaired) electrons. The molecule has 3 nitrogen and oxygen atoms in total. The molecule has 2 aromatic rings. The lowest BCUT2D eigenvalue weighted by Crippen LogP contribution is -2.26. The van der Waals surface area contributed by atoms with Crippen molar-refractivity contribution in [2.75, 3.05) is 5.75 Å². The van der Waals surface area contributed by atoms with Crippen LogP contribution in [0.15, 0.2) is 29.3 Å². The number of hydrogen-bond donors (Lipinski definition) is 1. The standard InChI is InChI=1S/C13H11N3S/c14-8-11-9-4-1-2-5-10(9)12(15)16-6-3-7-17-13(11)16/h1-2,4-5,15H,3,6-7H2. The predicted octanol–water partition coefficient (Wildman–Crippen LogP) is 2.49. The summed E-state index contributed by atoms with van der Waals surface area (Å²) < 4.78 is 1.97. The molecule has 1 aromatic carbocycles. The maximum absolute atomic E-state index is 9.34. The lowest BCUT2D eigenvalue weighted by Gasteiger charge is -2.21. The fourth-order valence-corrected chi connectivity index (χ4v) is 3.37. The van der Waals surface area contributed by atoms with Crippen LogP contribution in [-0.2, 0) is 6.54 Å². The Morgan fingerprint density at radius 3 is 2.82 bits per heavy atom. The fraction of sp³-hybridized carbons (Fsp3) is 0.231. The average molecular weight is 241 g/mol. The second-order valence-corrected chi connectivity index (χ2v) is 5.12. The summed E-state index contributed by atoms with van der Waals surface area (Å²) >= 11 is 1.69. The van der Waals surface area contributed by atoms with E-state index in [-0.39, 0.29) is 0 Å². The number of rotatable bonds is 0. The minimum atomic E-state index is 0.529. The van der Waals surface area contributed by atoms with Crippen LogP contribution in [0.5, 0.6) is 0 Å². The molecule has 1 aliphatic heterocycles. The Morgan fingerprint density at radius 1 is 1.29 bits per heavy atom. The highest BCUT2D eigenvalue weighted by atomic mass is 32.2. The third-order valence-electron chi connectivity index (χ3n) is 3.06. The van der Waals surface area contributed by atoms with Crippen LogP contribution < -0.4 is 5.49 Å². The molecule has 1 aliphatic rings. The van der Waals surface area contributed by atoms with Crippen molar-refractivity contribution in [3.05, 3.63) is 35.3 Å². The summed E-state index contributed by atoms with van der Waals surface area (Å²) in [7, 11) is 0. The number of hydrogen-bond acceptors (Lipinski definition) is 3. The Kier molecular flexibility index (Phi) is 2.41. The lowest BCUT2D eigenvalue weighted by molar-refractivity contribution is 0.580. The number of thioether (sulfide) groups is 1. The fourth-order valence-electron chi connectivity index (χ4n) is 2.27. The van der Waals surface area contributed by atoms with Gasteiger partial charge >= 0.3 is 0 Å². The van der Waals surface area contributed by atoms with E-state index in [1.165, 1.54) is 0 Å². The van der Waals surface area contributed by atoms with Gasteiger partial charge in [0, 0.05) is 23.1 Å². The van der Waals surface area contributed by atoms with E-state index < -0.39 is 0 Å². The van der Waals surface area contributed by atoms with Crippen molar-refractivity contribution in [1.29, 1.82) is 10.7 Å². The zero-order chi connectivity index (χ0) is 11.8. The summed E-state index contributed by atoms with van der Waals surface area (Å²) in [6.45, 7) is 0.848. The van der Waals surface area contributed by atoms with Crippen LogP contribution in [0.25, 0.3) is 10.8 Å². The van der Waals surface area contributed by atoms with Gasteiger partial charge in [0.15, 0.2) is 0 Å². The molecule has 0 spiro atoms. The molecule has 0 amide bonds. The molecule has 1 aromatic heterocycles. The number of fused-ring (bicyclic) bond motifs is 2. The number of nitriles is 1. The monoisotopic (exact) mass is 241 g/mol. The number of nitrogens with zero attached hydrogens (tertiary/aromatic N) is 2. The zero-order valence-electron chi connectivity index (χ0n) is 9.23. The molecule has 3 rings (SSSR count). The molecule has 0 aliphatic carbocycles. The van der Waals surface area contributed by atoms with Crippen LogP contribution in [-0.4, -0.2) is 10.3 Å². The summed E-state index contributed by atoms with van der Waals surface area (Å²) in [5.41, 5.74) is 1.25. The highest BCUT2D eigenvalue weighted by Crippen LogP contribution is 2.30. The van der Waals surface area contributed by atoms with E-state index in [0.29, 0.717) is 5.49 Å². The summed E-state index contributed by atoms with van der Waals surface area (Å²) in [5, 5.41) is 20.3. The minimum Gasteiger partial charge on any atom is -0.320 e. The van der Waals surface area contributed by atoms with E-state index in [1.54, 1.807) is 11.8 Å². The molecule has 17 heavy (non-hydrogen) atoms. The van der Waals surface area contributed by atoms with Crippen molar-refractivity contribution in [1.82, 2.24) is 4.57 Å². The highest BCUT2D eigenvalue weighted by Gasteiger charge is 2.17. The molecule has 0 saturated carbocycles.